The average molecular weight is 280 g/mol. The number of nitrogens with zero attached hydrogens (tertiary/aromatic N) is 3. The first kappa shape index (κ1) is 14.4. The van der Waals surface area contributed by atoms with Crippen LogP contribution in [0.4, 0.5) is 17.5 Å². The van der Waals surface area contributed by atoms with Crippen LogP contribution in [0.3, 0.4) is 0 Å². The van der Waals surface area contributed by atoms with E-state index in [4.69, 9.17) is 5.84 Å². The minimum Gasteiger partial charge on any atom is -0.364 e. The minimum atomic E-state index is -0.462. The predicted molar refractivity (Wildman–Crippen MR) is 76.2 cm³/mol. The first-order valence-corrected chi connectivity index (χ1v) is 6.76. The van der Waals surface area contributed by atoms with Crippen molar-refractivity contribution in [1.82, 2.24) is 9.97 Å². The Bertz CT molecular complexity index is 507. The second-order valence-corrected chi connectivity index (χ2v) is 5.28. The van der Waals surface area contributed by atoms with Crippen LogP contribution in [-0.2, 0) is 0 Å². The molecule has 8 nitrogen and oxygen atoms in total. The molecule has 1 heterocycles. The fourth-order valence-corrected chi connectivity index (χ4v) is 2.73. The Labute approximate surface area is 117 Å². The maximum absolute atomic E-state index is 11.1. The smallest absolute Gasteiger partial charge is 0.332 e. The molecule has 0 spiro atoms. The highest BCUT2D eigenvalue weighted by Gasteiger charge is 2.26. The molecule has 2 atom stereocenters. The lowest BCUT2D eigenvalue weighted by Crippen LogP contribution is -2.19. The Morgan fingerprint density at radius 2 is 2.20 bits per heavy atom. The number of nitrogens with one attached hydrogen (secondary N) is 2. The van der Waals surface area contributed by atoms with Crippen LogP contribution >= 0.6 is 0 Å². The SMILES string of the molecule is Cc1nc(NN)nc(NCC2CCCC2C)c1[N+](=O)[O-]. The normalized spacial score (nSPS) is 21.8. The van der Waals surface area contributed by atoms with Gasteiger partial charge in [0.15, 0.2) is 0 Å². The zero-order chi connectivity index (χ0) is 14.7. The molecular weight excluding hydrogens is 260 g/mol. The third-order valence-electron chi connectivity index (χ3n) is 3.94. The van der Waals surface area contributed by atoms with Crippen LogP contribution in [0, 0.1) is 28.9 Å². The molecule has 1 fully saturated rings. The maximum atomic E-state index is 11.1. The van der Waals surface area contributed by atoms with Crippen molar-refractivity contribution in [2.75, 3.05) is 17.3 Å². The van der Waals surface area contributed by atoms with Gasteiger partial charge < -0.3 is 5.32 Å². The summed E-state index contributed by atoms with van der Waals surface area (Å²) in [5.41, 5.74) is 2.53. The molecule has 1 saturated carbocycles. The minimum absolute atomic E-state index is 0.0883. The summed E-state index contributed by atoms with van der Waals surface area (Å²) < 4.78 is 0. The monoisotopic (exact) mass is 280 g/mol. The van der Waals surface area contributed by atoms with Crippen LogP contribution in [0.2, 0.25) is 0 Å². The van der Waals surface area contributed by atoms with Crippen LogP contribution in [0.5, 0.6) is 0 Å². The summed E-state index contributed by atoms with van der Waals surface area (Å²) in [6, 6.07) is 0. The third kappa shape index (κ3) is 2.96. The maximum Gasteiger partial charge on any atom is 0.332 e. The Hall–Kier alpha value is -1.96. The number of nitrogen functional groups attached to an aromatic ring is 1. The molecule has 2 unspecified atom stereocenters. The number of aromatic nitrogens is 2. The zero-order valence-corrected chi connectivity index (χ0v) is 11.7. The molecular formula is C12H20N6O2. The third-order valence-corrected chi connectivity index (χ3v) is 3.94. The van der Waals surface area contributed by atoms with Crippen molar-refractivity contribution < 1.29 is 4.92 Å². The highest BCUT2D eigenvalue weighted by atomic mass is 16.6. The van der Waals surface area contributed by atoms with Gasteiger partial charge in [0.2, 0.25) is 11.8 Å². The van der Waals surface area contributed by atoms with Gasteiger partial charge in [0.25, 0.3) is 0 Å². The summed E-state index contributed by atoms with van der Waals surface area (Å²) in [5, 5.41) is 14.2. The van der Waals surface area contributed by atoms with E-state index in [1.165, 1.54) is 12.8 Å². The Morgan fingerprint density at radius 1 is 1.45 bits per heavy atom. The van der Waals surface area contributed by atoms with E-state index in [0.29, 0.717) is 24.1 Å². The molecule has 4 N–H and O–H groups in total. The van der Waals surface area contributed by atoms with Crippen molar-refractivity contribution in [2.24, 2.45) is 17.7 Å². The van der Waals surface area contributed by atoms with Crippen molar-refractivity contribution in [3.8, 4) is 0 Å². The van der Waals surface area contributed by atoms with Gasteiger partial charge in [0, 0.05) is 6.54 Å². The van der Waals surface area contributed by atoms with Crippen molar-refractivity contribution >= 4 is 17.5 Å². The predicted octanol–water partition coefficient (Wildman–Crippen LogP) is 1.83. The fourth-order valence-electron chi connectivity index (χ4n) is 2.73. The summed E-state index contributed by atoms with van der Waals surface area (Å²) in [7, 11) is 0. The Kier molecular flexibility index (Phi) is 4.33. The number of rotatable bonds is 5. The van der Waals surface area contributed by atoms with Crippen LogP contribution in [-0.4, -0.2) is 21.4 Å². The second kappa shape index (κ2) is 6.00. The second-order valence-electron chi connectivity index (χ2n) is 5.28. The molecule has 1 aliphatic carbocycles. The van der Waals surface area contributed by atoms with Crippen molar-refractivity contribution in [2.45, 2.75) is 33.1 Å². The highest BCUT2D eigenvalue weighted by Crippen LogP contribution is 2.32. The summed E-state index contributed by atoms with van der Waals surface area (Å²) in [5.74, 6) is 6.85. The largest absolute Gasteiger partial charge is 0.364 e. The number of hydrogen-bond donors (Lipinski definition) is 3. The Balaban J connectivity index is 2.20. The van der Waals surface area contributed by atoms with Crippen molar-refractivity contribution in [3.63, 3.8) is 0 Å². The molecule has 1 aromatic rings. The molecule has 20 heavy (non-hydrogen) atoms. The van der Waals surface area contributed by atoms with Crippen LogP contribution < -0.4 is 16.6 Å². The zero-order valence-electron chi connectivity index (χ0n) is 11.7. The van der Waals surface area contributed by atoms with Crippen LogP contribution in [0.15, 0.2) is 0 Å². The van der Waals surface area contributed by atoms with Gasteiger partial charge in [-0.3, -0.25) is 15.5 Å². The van der Waals surface area contributed by atoms with Gasteiger partial charge in [-0.25, -0.2) is 10.8 Å². The van der Waals surface area contributed by atoms with Crippen molar-refractivity contribution in [1.29, 1.82) is 0 Å². The number of hydrogen-bond acceptors (Lipinski definition) is 7. The topological polar surface area (TPSA) is 119 Å². The van der Waals surface area contributed by atoms with Crippen LogP contribution in [0.25, 0.3) is 0 Å². The highest BCUT2D eigenvalue weighted by molar-refractivity contribution is 5.60. The van der Waals surface area contributed by atoms with E-state index in [1.54, 1.807) is 6.92 Å². The van der Waals surface area contributed by atoms with E-state index < -0.39 is 4.92 Å². The van der Waals surface area contributed by atoms with E-state index in [0.717, 1.165) is 6.42 Å². The lowest BCUT2D eigenvalue weighted by Gasteiger charge is -2.16. The molecule has 0 aromatic carbocycles. The molecule has 0 saturated heterocycles. The quantitative estimate of drug-likeness (QED) is 0.427. The number of nitrogens with two attached hydrogens (primary N) is 1. The summed E-state index contributed by atoms with van der Waals surface area (Å²) in [6.07, 6.45) is 3.58. The molecule has 8 heteroatoms. The molecule has 0 radical (unpaired) electrons. The molecule has 0 bridgehead atoms. The van der Waals surface area contributed by atoms with E-state index in [9.17, 15) is 10.1 Å². The molecule has 1 aliphatic rings. The van der Waals surface area contributed by atoms with E-state index in [2.05, 4.69) is 27.6 Å². The van der Waals surface area contributed by atoms with Gasteiger partial charge in [-0.1, -0.05) is 19.8 Å². The average Bonchev–Trinajstić information content (AvgIpc) is 2.80. The van der Waals surface area contributed by atoms with E-state index in [1.807, 2.05) is 0 Å². The van der Waals surface area contributed by atoms with E-state index >= 15 is 0 Å². The van der Waals surface area contributed by atoms with Gasteiger partial charge >= 0.3 is 5.69 Å². The number of nitro groups is 1. The first-order chi connectivity index (χ1) is 9.52. The summed E-state index contributed by atoms with van der Waals surface area (Å²) >= 11 is 0. The lowest BCUT2D eigenvalue weighted by atomic mass is 9.98. The Morgan fingerprint density at radius 3 is 2.75 bits per heavy atom. The number of hydrazine groups is 1. The molecule has 0 amide bonds. The number of aryl methyl sites for hydroxylation is 1. The number of anilines is 2. The van der Waals surface area contributed by atoms with Crippen LogP contribution in [0.1, 0.15) is 31.9 Å². The van der Waals surface area contributed by atoms with Gasteiger partial charge in [0.05, 0.1) is 4.92 Å². The van der Waals surface area contributed by atoms with E-state index in [-0.39, 0.29) is 17.5 Å². The lowest BCUT2D eigenvalue weighted by molar-refractivity contribution is -0.385. The standard InChI is InChI=1S/C12H20N6O2/c1-7-4-3-5-9(7)6-14-11-10(18(19)20)8(2)15-12(16-11)17-13/h7,9H,3-6,13H2,1-2H3,(H2,14,15,16,17). The summed E-state index contributed by atoms with van der Waals surface area (Å²) in [4.78, 5) is 18.7. The van der Waals surface area contributed by atoms with Gasteiger partial charge in [-0.15, -0.1) is 0 Å². The fraction of sp³-hybridized carbons (Fsp3) is 0.667. The summed E-state index contributed by atoms with van der Waals surface area (Å²) in [6.45, 7) is 4.47. The van der Waals surface area contributed by atoms with Gasteiger partial charge in [0.1, 0.15) is 5.69 Å². The molecule has 1 aromatic heterocycles. The molecule has 110 valence electrons. The molecule has 0 aliphatic heterocycles. The van der Waals surface area contributed by atoms with Crippen molar-refractivity contribution in [3.05, 3.63) is 15.8 Å². The first-order valence-electron chi connectivity index (χ1n) is 6.76. The van der Waals surface area contributed by atoms with Gasteiger partial charge in [-0.2, -0.15) is 4.98 Å². The van der Waals surface area contributed by atoms with Gasteiger partial charge in [-0.05, 0) is 25.2 Å². The molecule has 2 rings (SSSR count).